The average molecular weight is 586 g/mol. The second-order valence-corrected chi connectivity index (χ2v) is 10.4. The van der Waals surface area contributed by atoms with Crippen molar-refractivity contribution in [1.82, 2.24) is 20.9 Å². The van der Waals surface area contributed by atoms with Gasteiger partial charge in [0.05, 0.1) is 6.04 Å². The van der Waals surface area contributed by atoms with E-state index in [1.165, 1.54) is 19.1 Å². The fraction of sp³-hybridized carbons (Fsp3) is 0.250. The van der Waals surface area contributed by atoms with Gasteiger partial charge in [0.1, 0.15) is 23.9 Å². The lowest BCUT2D eigenvalue weighted by Crippen LogP contribution is -2.58. The molecule has 0 fully saturated rings. The van der Waals surface area contributed by atoms with Gasteiger partial charge in [0.2, 0.25) is 17.7 Å². The molecule has 0 aliphatic carbocycles. The summed E-state index contributed by atoms with van der Waals surface area (Å²) in [6, 6.07) is 18.0. The summed E-state index contributed by atoms with van der Waals surface area (Å²) in [5.74, 6) is -3.11. The summed E-state index contributed by atoms with van der Waals surface area (Å²) >= 11 is 0. The number of carbonyl (C=O) groups excluding carboxylic acids is 3. The molecule has 0 radical (unpaired) electrons. The number of rotatable bonds is 13. The van der Waals surface area contributed by atoms with Gasteiger partial charge < -0.3 is 36.9 Å². The molecule has 8 N–H and O–H groups in total. The van der Waals surface area contributed by atoms with E-state index in [1.54, 1.807) is 48.7 Å². The molecule has 43 heavy (non-hydrogen) atoms. The van der Waals surface area contributed by atoms with Crippen LogP contribution in [0.4, 0.5) is 0 Å². The van der Waals surface area contributed by atoms with Crippen LogP contribution in [0.5, 0.6) is 5.75 Å². The van der Waals surface area contributed by atoms with Crippen molar-refractivity contribution in [2.45, 2.75) is 50.4 Å². The predicted molar refractivity (Wildman–Crippen MR) is 161 cm³/mol. The number of aliphatic carboxylic acids is 1. The van der Waals surface area contributed by atoms with Crippen LogP contribution in [0.3, 0.4) is 0 Å². The third-order valence-electron chi connectivity index (χ3n) is 7.05. The zero-order valence-corrected chi connectivity index (χ0v) is 23.6. The van der Waals surface area contributed by atoms with E-state index in [-0.39, 0.29) is 25.0 Å². The zero-order valence-electron chi connectivity index (χ0n) is 23.6. The third kappa shape index (κ3) is 8.43. The molecule has 224 valence electrons. The number of nitrogens with two attached hydrogens (primary N) is 1. The Hall–Kier alpha value is -5.16. The Morgan fingerprint density at radius 1 is 0.721 bits per heavy atom. The first-order valence-corrected chi connectivity index (χ1v) is 13.9. The minimum absolute atomic E-state index is 0.00340. The van der Waals surface area contributed by atoms with Crippen molar-refractivity contribution in [1.29, 1.82) is 0 Å². The number of fused-ring (bicyclic) bond motifs is 1. The largest absolute Gasteiger partial charge is 0.508 e. The quantitative estimate of drug-likeness (QED) is 0.125. The molecule has 0 aliphatic heterocycles. The maximum atomic E-state index is 13.7. The van der Waals surface area contributed by atoms with Crippen LogP contribution in [-0.4, -0.2) is 63.1 Å². The first kappa shape index (κ1) is 30.8. The normalized spacial score (nSPS) is 13.8. The number of phenolic OH excluding ortho intramolecular Hbond substituents is 1. The molecule has 0 saturated carbocycles. The van der Waals surface area contributed by atoms with Crippen molar-refractivity contribution in [3.05, 3.63) is 102 Å². The Kier molecular flexibility index (Phi) is 10.1. The molecule has 11 heteroatoms. The van der Waals surface area contributed by atoms with Gasteiger partial charge >= 0.3 is 5.97 Å². The first-order valence-electron chi connectivity index (χ1n) is 13.9. The molecule has 0 aliphatic rings. The summed E-state index contributed by atoms with van der Waals surface area (Å²) in [7, 11) is 0. The third-order valence-corrected chi connectivity index (χ3v) is 7.05. The second kappa shape index (κ2) is 14.1. The van der Waals surface area contributed by atoms with E-state index in [4.69, 9.17) is 5.73 Å². The lowest BCUT2D eigenvalue weighted by molar-refractivity contribution is -0.142. The molecule has 1 aromatic heterocycles. The molecular weight excluding hydrogens is 550 g/mol. The Labute approximate surface area is 248 Å². The van der Waals surface area contributed by atoms with E-state index in [1.807, 2.05) is 24.3 Å². The van der Waals surface area contributed by atoms with Crippen LogP contribution in [0.2, 0.25) is 0 Å². The SMILES string of the molecule is CC(N)C(=O)NC(Cc1c[nH]c2ccccc12)C(=O)NC(Cc1ccc(O)cc1)C(=O)NC(Cc1ccccc1)C(=O)O. The molecular formula is C32H35N5O6. The van der Waals surface area contributed by atoms with Crippen LogP contribution >= 0.6 is 0 Å². The standard InChI is InChI=1S/C32H35N5O6/c1-19(33)29(39)35-27(17-22-18-34-25-10-6-5-9-24(22)25)31(41)36-26(15-21-11-13-23(38)14-12-21)30(40)37-28(32(42)43)16-20-7-3-2-4-8-20/h2-14,18-19,26-28,34,38H,15-17,33H2,1H3,(H,35,39)(H,36,41)(H,37,40)(H,42,43). The van der Waals surface area contributed by atoms with Crippen molar-refractivity contribution >= 4 is 34.6 Å². The second-order valence-electron chi connectivity index (χ2n) is 10.4. The number of carbonyl (C=O) groups is 4. The topological polar surface area (TPSA) is 187 Å². The number of aromatic amines is 1. The summed E-state index contributed by atoms with van der Waals surface area (Å²) in [6.45, 7) is 1.50. The van der Waals surface area contributed by atoms with Crippen LogP contribution in [0.15, 0.2) is 85.1 Å². The van der Waals surface area contributed by atoms with Gasteiger partial charge in [-0.15, -0.1) is 0 Å². The number of benzene rings is 3. The Bertz CT molecular complexity index is 1570. The number of hydrogen-bond donors (Lipinski definition) is 7. The van der Waals surface area contributed by atoms with Crippen LogP contribution < -0.4 is 21.7 Å². The highest BCUT2D eigenvalue weighted by Crippen LogP contribution is 2.19. The fourth-order valence-electron chi connectivity index (χ4n) is 4.70. The summed E-state index contributed by atoms with van der Waals surface area (Å²) in [4.78, 5) is 55.1. The Morgan fingerprint density at radius 2 is 1.26 bits per heavy atom. The molecule has 3 aromatic carbocycles. The summed E-state index contributed by atoms with van der Waals surface area (Å²) in [5.41, 5.74) is 8.73. The highest BCUT2D eigenvalue weighted by molar-refractivity contribution is 5.95. The maximum Gasteiger partial charge on any atom is 0.326 e. The van der Waals surface area contributed by atoms with E-state index in [2.05, 4.69) is 20.9 Å². The van der Waals surface area contributed by atoms with E-state index in [0.717, 1.165) is 16.5 Å². The number of carboxylic acids is 1. The Morgan fingerprint density at radius 3 is 1.91 bits per heavy atom. The van der Waals surface area contributed by atoms with Crippen molar-refractivity contribution in [3.63, 3.8) is 0 Å². The first-order chi connectivity index (χ1) is 20.6. The molecule has 4 aromatic rings. The van der Waals surface area contributed by atoms with Gasteiger partial charge in [-0.25, -0.2) is 4.79 Å². The summed E-state index contributed by atoms with van der Waals surface area (Å²) in [6.07, 6.45) is 1.89. The number of aromatic nitrogens is 1. The van der Waals surface area contributed by atoms with Gasteiger partial charge in [0, 0.05) is 36.4 Å². The van der Waals surface area contributed by atoms with Crippen LogP contribution in [-0.2, 0) is 38.4 Å². The van der Waals surface area contributed by atoms with Gasteiger partial charge in [-0.2, -0.15) is 0 Å². The number of phenols is 1. The lowest BCUT2D eigenvalue weighted by Gasteiger charge is -2.25. The average Bonchev–Trinajstić information content (AvgIpc) is 3.40. The molecule has 4 unspecified atom stereocenters. The van der Waals surface area contributed by atoms with Gasteiger partial charge in [-0.1, -0.05) is 60.7 Å². The molecule has 0 saturated heterocycles. The number of aromatic hydroxyl groups is 1. The number of hydrogen-bond acceptors (Lipinski definition) is 6. The zero-order chi connectivity index (χ0) is 30.9. The highest BCUT2D eigenvalue weighted by atomic mass is 16.4. The smallest absolute Gasteiger partial charge is 0.326 e. The predicted octanol–water partition coefficient (Wildman–Crippen LogP) is 1.79. The van der Waals surface area contributed by atoms with Gasteiger partial charge in [0.15, 0.2) is 0 Å². The monoisotopic (exact) mass is 585 g/mol. The molecule has 11 nitrogen and oxygen atoms in total. The van der Waals surface area contributed by atoms with E-state index >= 15 is 0 Å². The number of nitrogens with one attached hydrogen (secondary N) is 4. The number of carboxylic acid groups (broad SMARTS) is 1. The Balaban J connectivity index is 1.59. The molecule has 4 atom stereocenters. The molecule has 4 rings (SSSR count). The summed E-state index contributed by atoms with van der Waals surface area (Å²) < 4.78 is 0. The van der Waals surface area contributed by atoms with E-state index < -0.39 is 47.9 Å². The van der Waals surface area contributed by atoms with Crippen molar-refractivity contribution in [2.75, 3.05) is 0 Å². The minimum Gasteiger partial charge on any atom is -0.508 e. The van der Waals surface area contributed by atoms with Crippen LogP contribution in [0, 0.1) is 0 Å². The van der Waals surface area contributed by atoms with Gasteiger partial charge in [-0.3, -0.25) is 14.4 Å². The summed E-state index contributed by atoms with van der Waals surface area (Å²) in [5, 5.41) is 28.4. The van der Waals surface area contributed by atoms with Crippen LogP contribution in [0.25, 0.3) is 10.9 Å². The number of H-pyrrole nitrogens is 1. The van der Waals surface area contributed by atoms with Gasteiger partial charge in [-0.05, 0) is 41.8 Å². The highest BCUT2D eigenvalue weighted by Gasteiger charge is 2.31. The maximum absolute atomic E-state index is 13.7. The number of para-hydroxylation sites is 1. The molecule has 0 bridgehead atoms. The fourth-order valence-corrected chi connectivity index (χ4v) is 4.70. The molecule has 3 amide bonds. The minimum atomic E-state index is -1.26. The van der Waals surface area contributed by atoms with Gasteiger partial charge in [0.25, 0.3) is 0 Å². The van der Waals surface area contributed by atoms with Crippen molar-refractivity contribution in [3.8, 4) is 5.75 Å². The van der Waals surface area contributed by atoms with Crippen LogP contribution in [0.1, 0.15) is 23.6 Å². The van der Waals surface area contributed by atoms with E-state index in [0.29, 0.717) is 11.1 Å². The molecule has 0 spiro atoms. The molecule has 1 heterocycles. The van der Waals surface area contributed by atoms with E-state index in [9.17, 15) is 29.4 Å². The lowest BCUT2D eigenvalue weighted by atomic mass is 10.0. The van der Waals surface area contributed by atoms with Crippen molar-refractivity contribution in [2.24, 2.45) is 5.73 Å². The number of amides is 3. The van der Waals surface area contributed by atoms with Crippen molar-refractivity contribution < 1.29 is 29.4 Å².